The summed E-state index contributed by atoms with van der Waals surface area (Å²) in [6.07, 6.45) is 8.36. The average Bonchev–Trinajstić information content (AvgIpc) is 2.31. The predicted molar refractivity (Wildman–Crippen MR) is 70.5 cm³/mol. The third-order valence-corrected chi connectivity index (χ3v) is 5.20. The van der Waals surface area contributed by atoms with Crippen LogP contribution < -0.4 is 11.3 Å². The molecule has 0 heterocycles. The highest BCUT2D eigenvalue weighted by Crippen LogP contribution is 2.56. The molecule has 3 nitrogen and oxygen atoms in total. The van der Waals surface area contributed by atoms with Crippen molar-refractivity contribution in [1.82, 2.24) is 5.43 Å². The standard InChI is InChI=1S/C14H25N3/c1-2-3-16-14(17-15)13-11-5-9-4-10(7-11)8-12(13)6-9/h9-13H,2-8,15H2,1H3,(H,16,17). The smallest absolute Gasteiger partial charge is 0.114 e. The molecule has 4 rings (SSSR count). The third-order valence-electron chi connectivity index (χ3n) is 5.20. The van der Waals surface area contributed by atoms with Crippen LogP contribution in [0.5, 0.6) is 0 Å². The summed E-state index contributed by atoms with van der Waals surface area (Å²) in [5.74, 6) is 11.3. The van der Waals surface area contributed by atoms with E-state index in [1.165, 1.54) is 32.1 Å². The molecule has 0 aliphatic heterocycles. The molecule has 4 fully saturated rings. The van der Waals surface area contributed by atoms with Crippen LogP contribution in [0, 0.1) is 29.6 Å². The van der Waals surface area contributed by atoms with Gasteiger partial charge in [0.05, 0.1) is 0 Å². The van der Waals surface area contributed by atoms with Gasteiger partial charge in [-0.05, 0) is 62.2 Å². The molecule has 0 atom stereocenters. The van der Waals surface area contributed by atoms with Crippen LogP contribution in [-0.2, 0) is 0 Å². The van der Waals surface area contributed by atoms with E-state index in [1.807, 2.05) is 0 Å². The fraction of sp³-hybridized carbons (Fsp3) is 0.929. The average molecular weight is 235 g/mol. The van der Waals surface area contributed by atoms with Crippen molar-refractivity contribution < 1.29 is 0 Å². The van der Waals surface area contributed by atoms with Crippen molar-refractivity contribution >= 4 is 5.84 Å². The fourth-order valence-electron chi connectivity index (χ4n) is 4.85. The molecule has 0 unspecified atom stereocenters. The lowest BCUT2D eigenvalue weighted by Crippen LogP contribution is -2.52. The van der Waals surface area contributed by atoms with Gasteiger partial charge in [0.15, 0.2) is 0 Å². The van der Waals surface area contributed by atoms with E-state index in [9.17, 15) is 0 Å². The zero-order chi connectivity index (χ0) is 11.8. The SMILES string of the molecule is CCCN=C(NN)C1C2CC3CC(C2)CC1C3. The third kappa shape index (κ3) is 1.99. The maximum atomic E-state index is 5.71. The Morgan fingerprint density at radius 1 is 1.12 bits per heavy atom. The molecular formula is C14H25N3. The minimum Gasteiger partial charge on any atom is -0.312 e. The quantitative estimate of drug-likeness (QED) is 0.341. The van der Waals surface area contributed by atoms with E-state index < -0.39 is 0 Å². The summed E-state index contributed by atoms with van der Waals surface area (Å²) in [6, 6.07) is 0. The van der Waals surface area contributed by atoms with Gasteiger partial charge >= 0.3 is 0 Å². The van der Waals surface area contributed by atoms with Crippen molar-refractivity contribution in [1.29, 1.82) is 0 Å². The highest BCUT2D eigenvalue weighted by atomic mass is 15.3. The van der Waals surface area contributed by atoms with Crippen LogP contribution in [0.4, 0.5) is 0 Å². The first-order chi connectivity index (χ1) is 8.31. The summed E-state index contributed by atoms with van der Waals surface area (Å²) < 4.78 is 0. The van der Waals surface area contributed by atoms with Crippen molar-refractivity contribution in [2.45, 2.75) is 45.4 Å². The maximum Gasteiger partial charge on any atom is 0.114 e. The molecule has 17 heavy (non-hydrogen) atoms. The summed E-state index contributed by atoms with van der Waals surface area (Å²) in [7, 11) is 0. The molecule has 0 aromatic rings. The van der Waals surface area contributed by atoms with Gasteiger partial charge in [-0.15, -0.1) is 0 Å². The monoisotopic (exact) mass is 235 g/mol. The Hall–Kier alpha value is -0.570. The summed E-state index contributed by atoms with van der Waals surface area (Å²) in [5, 5.41) is 0. The predicted octanol–water partition coefficient (Wildman–Crippen LogP) is 2.33. The Labute approximate surface area is 104 Å². The lowest BCUT2D eigenvalue weighted by molar-refractivity contribution is -0.00953. The van der Waals surface area contributed by atoms with Crippen LogP contribution in [0.2, 0.25) is 0 Å². The Morgan fingerprint density at radius 3 is 2.18 bits per heavy atom. The van der Waals surface area contributed by atoms with Crippen LogP contribution in [0.3, 0.4) is 0 Å². The second kappa shape index (κ2) is 4.60. The van der Waals surface area contributed by atoms with Gasteiger partial charge in [-0.1, -0.05) is 6.92 Å². The fourth-order valence-corrected chi connectivity index (χ4v) is 4.85. The number of rotatable bonds is 3. The first kappa shape index (κ1) is 11.5. The second-order valence-corrected chi connectivity index (χ2v) is 6.37. The molecule has 3 heteroatoms. The number of nitrogens with zero attached hydrogens (tertiary/aromatic N) is 1. The Bertz CT molecular complexity index is 283. The van der Waals surface area contributed by atoms with Crippen molar-refractivity contribution in [3.05, 3.63) is 0 Å². The van der Waals surface area contributed by atoms with Crippen molar-refractivity contribution in [2.24, 2.45) is 40.4 Å². The number of hydrogen-bond donors (Lipinski definition) is 2. The van der Waals surface area contributed by atoms with Gasteiger partial charge in [0.1, 0.15) is 5.84 Å². The first-order valence-corrected chi connectivity index (χ1v) is 7.32. The van der Waals surface area contributed by atoms with E-state index in [1.54, 1.807) is 0 Å². The molecule has 4 bridgehead atoms. The van der Waals surface area contributed by atoms with Gasteiger partial charge in [-0.3, -0.25) is 4.99 Å². The molecule has 0 spiro atoms. The number of nitrogens with one attached hydrogen (secondary N) is 1. The maximum absolute atomic E-state index is 5.71. The highest BCUT2D eigenvalue weighted by Gasteiger charge is 2.49. The zero-order valence-corrected chi connectivity index (χ0v) is 10.9. The molecule has 0 radical (unpaired) electrons. The van der Waals surface area contributed by atoms with Crippen LogP contribution in [-0.4, -0.2) is 12.4 Å². The second-order valence-electron chi connectivity index (χ2n) is 6.37. The van der Waals surface area contributed by atoms with Gasteiger partial charge in [-0.25, -0.2) is 5.84 Å². The van der Waals surface area contributed by atoms with Gasteiger partial charge in [-0.2, -0.15) is 0 Å². The largest absolute Gasteiger partial charge is 0.312 e. The normalized spacial score (nSPS) is 44.1. The molecule has 0 aromatic carbocycles. The first-order valence-electron chi connectivity index (χ1n) is 7.32. The van der Waals surface area contributed by atoms with Gasteiger partial charge in [0.25, 0.3) is 0 Å². The van der Waals surface area contributed by atoms with Crippen molar-refractivity contribution in [3.63, 3.8) is 0 Å². The molecule has 0 amide bonds. The van der Waals surface area contributed by atoms with Crippen molar-refractivity contribution in [2.75, 3.05) is 6.54 Å². The highest BCUT2D eigenvalue weighted by molar-refractivity contribution is 5.85. The number of hydrogen-bond acceptors (Lipinski definition) is 2. The van der Waals surface area contributed by atoms with Gasteiger partial charge in [0, 0.05) is 12.5 Å². The molecule has 4 aliphatic carbocycles. The Balaban J connectivity index is 1.78. The Morgan fingerprint density at radius 2 is 1.71 bits per heavy atom. The number of amidine groups is 1. The summed E-state index contributed by atoms with van der Waals surface area (Å²) in [5.41, 5.74) is 2.91. The van der Waals surface area contributed by atoms with Gasteiger partial charge < -0.3 is 5.43 Å². The molecule has 4 aliphatic rings. The number of aliphatic imine (C=N–C) groups is 1. The molecular weight excluding hydrogens is 210 g/mol. The topological polar surface area (TPSA) is 50.4 Å². The zero-order valence-electron chi connectivity index (χ0n) is 10.9. The molecule has 0 saturated heterocycles. The minimum absolute atomic E-state index is 0.652. The number of nitrogens with two attached hydrogens (primary N) is 1. The van der Waals surface area contributed by atoms with E-state index in [-0.39, 0.29) is 0 Å². The lowest BCUT2D eigenvalue weighted by atomic mass is 9.51. The lowest BCUT2D eigenvalue weighted by Gasteiger charge is -2.54. The van der Waals surface area contributed by atoms with Gasteiger partial charge in [0.2, 0.25) is 0 Å². The summed E-state index contributed by atoms with van der Waals surface area (Å²) >= 11 is 0. The van der Waals surface area contributed by atoms with Crippen LogP contribution in [0.25, 0.3) is 0 Å². The van der Waals surface area contributed by atoms with Crippen molar-refractivity contribution in [3.8, 4) is 0 Å². The van der Waals surface area contributed by atoms with E-state index >= 15 is 0 Å². The van der Waals surface area contributed by atoms with E-state index in [2.05, 4.69) is 17.3 Å². The van der Waals surface area contributed by atoms with E-state index in [0.29, 0.717) is 5.92 Å². The summed E-state index contributed by atoms with van der Waals surface area (Å²) in [4.78, 5) is 4.69. The van der Waals surface area contributed by atoms with Crippen LogP contribution >= 0.6 is 0 Å². The Kier molecular flexibility index (Phi) is 3.12. The molecule has 3 N–H and O–H groups in total. The minimum atomic E-state index is 0.652. The molecule has 0 aromatic heterocycles. The van der Waals surface area contributed by atoms with Crippen LogP contribution in [0.15, 0.2) is 4.99 Å². The number of hydrazine groups is 1. The van der Waals surface area contributed by atoms with E-state index in [0.717, 1.165) is 42.5 Å². The van der Waals surface area contributed by atoms with E-state index in [4.69, 9.17) is 5.84 Å². The van der Waals surface area contributed by atoms with Crippen LogP contribution in [0.1, 0.15) is 45.4 Å². The molecule has 4 saturated carbocycles. The molecule has 96 valence electrons. The summed E-state index contributed by atoms with van der Waals surface area (Å²) in [6.45, 7) is 3.09.